The Bertz CT molecular complexity index is 164. The van der Waals surface area contributed by atoms with Gasteiger partial charge in [-0.1, -0.05) is 6.92 Å². The minimum absolute atomic E-state index is 0.110. The molecule has 0 spiro atoms. The first-order valence-electron chi connectivity index (χ1n) is 4.72. The van der Waals surface area contributed by atoms with Gasteiger partial charge in [0.25, 0.3) is 0 Å². The smallest absolute Gasteiger partial charge is 0.221 e. The van der Waals surface area contributed by atoms with Gasteiger partial charge in [-0.05, 0) is 25.7 Å². The van der Waals surface area contributed by atoms with Gasteiger partial charge in [0.15, 0.2) is 0 Å². The molecule has 0 aromatic rings. The van der Waals surface area contributed by atoms with Crippen molar-refractivity contribution >= 4 is 5.91 Å². The monoisotopic (exact) mass is 170 g/mol. The van der Waals surface area contributed by atoms with E-state index in [1.165, 1.54) is 6.42 Å². The first kappa shape index (κ1) is 9.52. The molecule has 3 heteroatoms. The zero-order valence-electron chi connectivity index (χ0n) is 7.73. The second-order valence-corrected chi connectivity index (χ2v) is 3.74. The summed E-state index contributed by atoms with van der Waals surface area (Å²) >= 11 is 0. The minimum Gasteiger partial charge on any atom is -0.356 e. The number of hydrogen-bond donors (Lipinski definition) is 2. The molecule has 0 heterocycles. The highest BCUT2D eigenvalue weighted by Gasteiger charge is 2.34. The van der Waals surface area contributed by atoms with Crippen LogP contribution in [0.4, 0.5) is 0 Å². The lowest BCUT2D eigenvalue weighted by atomic mass is 9.75. The van der Waals surface area contributed by atoms with Crippen molar-refractivity contribution in [1.82, 2.24) is 5.32 Å². The normalized spacial score (nSPS) is 19.8. The molecule has 12 heavy (non-hydrogen) atoms. The molecule has 0 aliphatic heterocycles. The summed E-state index contributed by atoms with van der Waals surface area (Å²) in [4.78, 5) is 11.2. The zero-order chi connectivity index (χ0) is 9.03. The van der Waals surface area contributed by atoms with Crippen LogP contribution in [0, 0.1) is 0 Å². The Labute approximate surface area is 73.7 Å². The van der Waals surface area contributed by atoms with Gasteiger partial charge in [-0.15, -0.1) is 0 Å². The van der Waals surface area contributed by atoms with Crippen LogP contribution in [0.3, 0.4) is 0 Å². The molecule has 1 aliphatic rings. The van der Waals surface area contributed by atoms with Crippen LogP contribution in [0.2, 0.25) is 0 Å². The number of carbonyl (C=O) groups excluding carboxylic acids is 1. The van der Waals surface area contributed by atoms with Crippen LogP contribution in [0.15, 0.2) is 0 Å². The van der Waals surface area contributed by atoms with E-state index in [9.17, 15) is 4.79 Å². The molecule has 1 rings (SSSR count). The molecule has 70 valence electrons. The maximum absolute atomic E-state index is 11.2. The van der Waals surface area contributed by atoms with E-state index in [0.29, 0.717) is 6.42 Å². The number of amides is 1. The third-order valence-corrected chi connectivity index (χ3v) is 2.43. The van der Waals surface area contributed by atoms with E-state index in [2.05, 4.69) is 5.32 Å². The van der Waals surface area contributed by atoms with Gasteiger partial charge in [-0.25, -0.2) is 0 Å². The molecule has 0 bridgehead atoms. The molecule has 3 nitrogen and oxygen atoms in total. The Balaban J connectivity index is 2.16. The molecule has 1 aliphatic carbocycles. The van der Waals surface area contributed by atoms with Crippen LogP contribution in [0.5, 0.6) is 0 Å². The van der Waals surface area contributed by atoms with Crippen molar-refractivity contribution in [3.63, 3.8) is 0 Å². The summed E-state index contributed by atoms with van der Waals surface area (Å²) < 4.78 is 0. The van der Waals surface area contributed by atoms with Crippen molar-refractivity contribution < 1.29 is 4.79 Å². The lowest BCUT2D eigenvalue weighted by Crippen LogP contribution is -2.50. The fraction of sp³-hybridized carbons (Fsp3) is 0.889. The molecule has 0 unspecified atom stereocenters. The third-order valence-electron chi connectivity index (χ3n) is 2.43. The largest absolute Gasteiger partial charge is 0.356 e. The van der Waals surface area contributed by atoms with Crippen molar-refractivity contribution in [3.8, 4) is 0 Å². The summed E-state index contributed by atoms with van der Waals surface area (Å²) in [6.45, 7) is 2.82. The summed E-state index contributed by atoms with van der Waals surface area (Å²) in [6.07, 6.45) is 4.69. The Morgan fingerprint density at radius 3 is 2.67 bits per heavy atom. The van der Waals surface area contributed by atoms with Crippen molar-refractivity contribution in [2.24, 2.45) is 5.73 Å². The van der Waals surface area contributed by atoms with Crippen LogP contribution in [-0.2, 0) is 4.79 Å². The van der Waals surface area contributed by atoms with E-state index in [-0.39, 0.29) is 11.4 Å². The number of nitrogens with two attached hydrogens (primary N) is 1. The lowest BCUT2D eigenvalue weighted by Gasteiger charge is -2.37. The molecular weight excluding hydrogens is 152 g/mol. The highest BCUT2D eigenvalue weighted by atomic mass is 16.1. The molecule has 0 aromatic heterocycles. The molecule has 0 aromatic carbocycles. The van der Waals surface area contributed by atoms with Crippen LogP contribution in [0.1, 0.15) is 39.0 Å². The Hall–Kier alpha value is -0.570. The van der Waals surface area contributed by atoms with E-state index in [1.807, 2.05) is 6.92 Å². The topological polar surface area (TPSA) is 55.1 Å². The predicted octanol–water partition coefficient (Wildman–Crippen LogP) is 0.784. The summed E-state index contributed by atoms with van der Waals surface area (Å²) in [5.74, 6) is 0.110. The Kier molecular flexibility index (Phi) is 3.09. The average Bonchev–Trinajstić information content (AvgIpc) is 1.98. The molecule has 1 fully saturated rings. The van der Waals surface area contributed by atoms with E-state index in [1.54, 1.807) is 0 Å². The molecule has 1 saturated carbocycles. The third kappa shape index (κ3) is 2.48. The predicted molar refractivity (Wildman–Crippen MR) is 48.7 cm³/mol. The van der Waals surface area contributed by atoms with Gasteiger partial charge in [0.05, 0.1) is 0 Å². The quantitative estimate of drug-likeness (QED) is 0.655. The standard InChI is InChI=1S/C9H18N2O/c1-2-6-11-8(12)7-9(10)4-3-5-9/h2-7,10H2,1H3,(H,11,12). The highest BCUT2D eigenvalue weighted by Crippen LogP contribution is 2.31. The second-order valence-electron chi connectivity index (χ2n) is 3.74. The Morgan fingerprint density at radius 1 is 1.58 bits per heavy atom. The fourth-order valence-corrected chi connectivity index (χ4v) is 1.45. The van der Waals surface area contributed by atoms with Crippen LogP contribution >= 0.6 is 0 Å². The first-order chi connectivity index (χ1) is 5.66. The second kappa shape index (κ2) is 3.90. The molecule has 0 atom stereocenters. The van der Waals surface area contributed by atoms with Crippen molar-refractivity contribution in [2.75, 3.05) is 6.54 Å². The lowest BCUT2D eigenvalue weighted by molar-refractivity contribution is -0.122. The van der Waals surface area contributed by atoms with Gasteiger partial charge in [0, 0.05) is 18.5 Å². The van der Waals surface area contributed by atoms with E-state index < -0.39 is 0 Å². The highest BCUT2D eigenvalue weighted by molar-refractivity contribution is 5.77. The summed E-state index contributed by atoms with van der Waals surface area (Å²) in [7, 11) is 0. The maximum atomic E-state index is 11.2. The molecule has 1 amide bonds. The molecule has 3 N–H and O–H groups in total. The fourth-order valence-electron chi connectivity index (χ4n) is 1.45. The average molecular weight is 170 g/mol. The van der Waals surface area contributed by atoms with Crippen molar-refractivity contribution in [2.45, 2.75) is 44.6 Å². The molecule has 0 saturated heterocycles. The van der Waals surface area contributed by atoms with Gasteiger partial charge in [0.2, 0.25) is 5.91 Å². The van der Waals surface area contributed by atoms with E-state index in [4.69, 9.17) is 5.73 Å². The Morgan fingerprint density at radius 2 is 2.25 bits per heavy atom. The van der Waals surface area contributed by atoms with Gasteiger partial charge in [-0.3, -0.25) is 4.79 Å². The van der Waals surface area contributed by atoms with Crippen molar-refractivity contribution in [3.05, 3.63) is 0 Å². The number of carbonyl (C=O) groups is 1. The SMILES string of the molecule is CCCNC(=O)CC1(N)CCC1. The van der Waals surface area contributed by atoms with Crippen LogP contribution in [0.25, 0.3) is 0 Å². The van der Waals surface area contributed by atoms with E-state index in [0.717, 1.165) is 25.8 Å². The van der Waals surface area contributed by atoms with Gasteiger partial charge in [-0.2, -0.15) is 0 Å². The van der Waals surface area contributed by atoms with E-state index >= 15 is 0 Å². The van der Waals surface area contributed by atoms with Gasteiger partial charge >= 0.3 is 0 Å². The summed E-state index contributed by atoms with van der Waals surface area (Å²) in [5.41, 5.74) is 5.75. The summed E-state index contributed by atoms with van der Waals surface area (Å²) in [5, 5.41) is 2.84. The zero-order valence-corrected chi connectivity index (χ0v) is 7.73. The maximum Gasteiger partial charge on any atom is 0.221 e. The van der Waals surface area contributed by atoms with Crippen LogP contribution in [-0.4, -0.2) is 18.0 Å². The number of hydrogen-bond acceptors (Lipinski definition) is 2. The number of nitrogens with one attached hydrogen (secondary N) is 1. The first-order valence-corrected chi connectivity index (χ1v) is 4.72. The molecule has 0 radical (unpaired) electrons. The van der Waals surface area contributed by atoms with Crippen LogP contribution < -0.4 is 11.1 Å². The minimum atomic E-state index is -0.169. The number of rotatable bonds is 4. The van der Waals surface area contributed by atoms with Gasteiger partial charge in [0.1, 0.15) is 0 Å². The van der Waals surface area contributed by atoms with Gasteiger partial charge < -0.3 is 11.1 Å². The van der Waals surface area contributed by atoms with Crippen molar-refractivity contribution in [1.29, 1.82) is 0 Å². The molecular formula is C9H18N2O. The summed E-state index contributed by atoms with van der Waals surface area (Å²) in [6, 6.07) is 0.